The minimum atomic E-state index is -4.85. The Morgan fingerprint density at radius 3 is 2.50 bits per heavy atom. The fourth-order valence-electron chi connectivity index (χ4n) is 1.14. The minimum absolute atomic E-state index is 0.0123. The van der Waals surface area contributed by atoms with Crippen molar-refractivity contribution in [2.45, 2.75) is 19.7 Å². The molecule has 16 heavy (non-hydrogen) atoms. The van der Waals surface area contributed by atoms with Gasteiger partial charge in [-0.25, -0.2) is 0 Å². The molecule has 0 unspecified atom stereocenters. The first-order valence-electron chi connectivity index (χ1n) is 4.45. The summed E-state index contributed by atoms with van der Waals surface area (Å²) in [6.45, 7) is 1.57. The highest BCUT2D eigenvalue weighted by Crippen LogP contribution is 2.27. The fourth-order valence-corrected chi connectivity index (χ4v) is 1.14. The lowest BCUT2D eigenvalue weighted by molar-refractivity contribution is -0.274. The number of benzene rings is 1. The number of rotatable bonds is 3. The second-order valence-electron chi connectivity index (χ2n) is 3.04. The average Bonchev–Trinajstić information content (AvgIpc) is 2.12. The van der Waals surface area contributed by atoms with Crippen molar-refractivity contribution in [3.8, 4) is 11.5 Å². The van der Waals surface area contributed by atoms with E-state index >= 15 is 0 Å². The van der Waals surface area contributed by atoms with Crippen LogP contribution in [0.3, 0.4) is 0 Å². The van der Waals surface area contributed by atoms with Gasteiger partial charge in [0.1, 0.15) is 11.5 Å². The molecule has 1 aromatic carbocycles. The van der Waals surface area contributed by atoms with E-state index in [1.165, 1.54) is 0 Å². The van der Waals surface area contributed by atoms with Crippen LogP contribution in [0.25, 0.3) is 0 Å². The van der Waals surface area contributed by atoms with E-state index in [0.29, 0.717) is 0 Å². The Labute approximate surface area is 89.5 Å². The van der Waals surface area contributed by atoms with Crippen LogP contribution in [0, 0.1) is 0 Å². The van der Waals surface area contributed by atoms with Gasteiger partial charge in [0.2, 0.25) is 0 Å². The van der Waals surface area contributed by atoms with Crippen molar-refractivity contribution >= 4 is 5.78 Å². The lowest BCUT2D eigenvalue weighted by atomic mass is 10.1. The molecule has 0 saturated carbocycles. The standard InChI is InChI=1S/C10H9F3O3/c1-2-9(15)6-3-7(14)5-8(4-6)16-10(11,12)13/h3-5,14H,2H2,1H3. The Morgan fingerprint density at radius 2 is 2.00 bits per heavy atom. The van der Waals surface area contributed by atoms with Crippen LogP contribution in [0.2, 0.25) is 0 Å². The number of hydrogen-bond donors (Lipinski definition) is 1. The Kier molecular flexibility index (Phi) is 3.41. The number of carbonyl (C=O) groups excluding carboxylic acids is 1. The number of ether oxygens (including phenoxy) is 1. The lowest BCUT2D eigenvalue weighted by Crippen LogP contribution is -2.17. The normalized spacial score (nSPS) is 11.2. The topological polar surface area (TPSA) is 46.5 Å². The molecule has 0 aromatic heterocycles. The molecule has 0 radical (unpaired) electrons. The van der Waals surface area contributed by atoms with E-state index in [4.69, 9.17) is 5.11 Å². The van der Waals surface area contributed by atoms with Crippen molar-refractivity contribution in [2.24, 2.45) is 0 Å². The molecule has 0 spiro atoms. The van der Waals surface area contributed by atoms with Crippen molar-refractivity contribution < 1.29 is 27.8 Å². The third-order valence-electron chi connectivity index (χ3n) is 1.77. The second kappa shape index (κ2) is 4.42. The molecule has 6 heteroatoms. The van der Waals surface area contributed by atoms with Crippen molar-refractivity contribution in [2.75, 3.05) is 0 Å². The Hall–Kier alpha value is -1.72. The van der Waals surface area contributed by atoms with E-state index in [9.17, 15) is 18.0 Å². The summed E-state index contributed by atoms with van der Waals surface area (Å²) >= 11 is 0. The van der Waals surface area contributed by atoms with Gasteiger partial charge in [0.25, 0.3) is 0 Å². The maximum Gasteiger partial charge on any atom is 0.573 e. The van der Waals surface area contributed by atoms with E-state index in [0.717, 1.165) is 18.2 Å². The molecule has 1 aromatic rings. The van der Waals surface area contributed by atoms with Crippen molar-refractivity contribution in [1.82, 2.24) is 0 Å². The predicted molar refractivity (Wildman–Crippen MR) is 49.4 cm³/mol. The van der Waals surface area contributed by atoms with Crippen LogP contribution in [-0.2, 0) is 0 Å². The summed E-state index contributed by atoms with van der Waals surface area (Å²) in [5.41, 5.74) is -0.0123. The largest absolute Gasteiger partial charge is 0.573 e. The smallest absolute Gasteiger partial charge is 0.508 e. The Balaban J connectivity index is 3.03. The molecule has 0 atom stereocenters. The highest BCUT2D eigenvalue weighted by Gasteiger charge is 2.31. The fraction of sp³-hybridized carbons (Fsp3) is 0.300. The Morgan fingerprint density at radius 1 is 1.38 bits per heavy atom. The molecule has 1 rings (SSSR count). The molecule has 0 bridgehead atoms. The first kappa shape index (κ1) is 12.4. The number of phenolic OH excluding ortho intramolecular Hbond substituents is 1. The number of hydrogen-bond acceptors (Lipinski definition) is 3. The first-order valence-corrected chi connectivity index (χ1v) is 4.45. The van der Waals surface area contributed by atoms with Crippen molar-refractivity contribution in [3.63, 3.8) is 0 Å². The van der Waals surface area contributed by atoms with E-state index in [-0.39, 0.29) is 17.8 Å². The van der Waals surface area contributed by atoms with Crippen molar-refractivity contribution in [3.05, 3.63) is 23.8 Å². The van der Waals surface area contributed by atoms with Crippen molar-refractivity contribution in [1.29, 1.82) is 0 Å². The van der Waals surface area contributed by atoms with Crippen LogP contribution in [0.1, 0.15) is 23.7 Å². The quantitative estimate of drug-likeness (QED) is 0.818. The SMILES string of the molecule is CCC(=O)c1cc(O)cc(OC(F)(F)F)c1. The van der Waals surface area contributed by atoms with Gasteiger partial charge in [0.15, 0.2) is 5.78 Å². The molecule has 0 fully saturated rings. The summed E-state index contributed by atoms with van der Waals surface area (Å²) < 4.78 is 39.3. The molecule has 1 N–H and O–H groups in total. The predicted octanol–water partition coefficient (Wildman–Crippen LogP) is 2.88. The molecule has 0 saturated heterocycles. The number of halogens is 3. The van der Waals surface area contributed by atoms with Gasteiger partial charge in [-0.15, -0.1) is 13.2 Å². The molecule has 0 aliphatic rings. The number of alkyl halides is 3. The number of Topliss-reactive ketones (excluding diaryl/α,β-unsaturated/α-hetero) is 1. The molecule has 3 nitrogen and oxygen atoms in total. The second-order valence-corrected chi connectivity index (χ2v) is 3.04. The summed E-state index contributed by atoms with van der Waals surface area (Å²) in [6, 6.07) is 2.83. The zero-order valence-electron chi connectivity index (χ0n) is 8.34. The summed E-state index contributed by atoms with van der Waals surface area (Å²) in [6.07, 6.45) is -4.71. The monoisotopic (exact) mass is 234 g/mol. The summed E-state index contributed by atoms with van der Waals surface area (Å²) in [7, 11) is 0. The van der Waals surface area contributed by atoms with Gasteiger partial charge in [-0.05, 0) is 12.1 Å². The summed E-state index contributed by atoms with van der Waals surface area (Å²) in [4.78, 5) is 11.2. The maximum absolute atomic E-state index is 11.9. The molecular formula is C10H9F3O3. The number of aromatic hydroxyl groups is 1. The van der Waals surface area contributed by atoms with Crippen LogP contribution in [0.4, 0.5) is 13.2 Å². The third-order valence-corrected chi connectivity index (χ3v) is 1.77. The molecule has 0 aliphatic heterocycles. The minimum Gasteiger partial charge on any atom is -0.508 e. The zero-order chi connectivity index (χ0) is 12.3. The van der Waals surface area contributed by atoms with E-state index in [1.807, 2.05) is 0 Å². The molecule has 0 amide bonds. The number of phenols is 1. The van der Waals surface area contributed by atoms with E-state index in [2.05, 4.69) is 4.74 Å². The van der Waals surface area contributed by atoms with Gasteiger partial charge < -0.3 is 9.84 Å². The van der Waals surface area contributed by atoms with Gasteiger partial charge in [0, 0.05) is 18.1 Å². The van der Waals surface area contributed by atoms with Crippen LogP contribution >= 0.6 is 0 Å². The highest BCUT2D eigenvalue weighted by atomic mass is 19.4. The molecular weight excluding hydrogens is 225 g/mol. The van der Waals surface area contributed by atoms with Crippen LogP contribution in [0.15, 0.2) is 18.2 Å². The molecule has 0 heterocycles. The average molecular weight is 234 g/mol. The van der Waals surface area contributed by atoms with Gasteiger partial charge in [-0.3, -0.25) is 4.79 Å². The summed E-state index contributed by atoms with van der Waals surface area (Å²) in [5, 5.41) is 9.14. The summed E-state index contributed by atoms with van der Waals surface area (Å²) in [5.74, 6) is -1.43. The van der Waals surface area contributed by atoms with Gasteiger partial charge in [-0.2, -0.15) is 0 Å². The third kappa shape index (κ3) is 3.45. The molecule has 88 valence electrons. The van der Waals surface area contributed by atoms with Gasteiger partial charge in [0.05, 0.1) is 0 Å². The van der Waals surface area contributed by atoms with Crippen LogP contribution in [0.5, 0.6) is 11.5 Å². The lowest BCUT2D eigenvalue weighted by Gasteiger charge is -2.10. The van der Waals surface area contributed by atoms with Crippen LogP contribution in [-0.4, -0.2) is 17.3 Å². The van der Waals surface area contributed by atoms with Gasteiger partial charge in [-0.1, -0.05) is 6.92 Å². The van der Waals surface area contributed by atoms with Crippen LogP contribution < -0.4 is 4.74 Å². The Bertz CT molecular complexity index is 399. The zero-order valence-corrected chi connectivity index (χ0v) is 8.34. The highest BCUT2D eigenvalue weighted by molar-refractivity contribution is 5.96. The first-order chi connectivity index (χ1) is 7.31. The number of ketones is 1. The van der Waals surface area contributed by atoms with Gasteiger partial charge >= 0.3 is 6.36 Å². The van der Waals surface area contributed by atoms with E-state index in [1.54, 1.807) is 6.92 Å². The maximum atomic E-state index is 11.9. The van der Waals surface area contributed by atoms with E-state index < -0.39 is 17.9 Å². The number of carbonyl (C=O) groups is 1. The molecule has 0 aliphatic carbocycles.